The summed E-state index contributed by atoms with van der Waals surface area (Å²) in [4.78, 5) is 44.5. The van der Waals surface area contributed by atoms with Gasteiger partial charge < -0.3 is 25.0 Å². The number of nitrogens with zero attached hydrogens (tertiary/aromatic N) is 5. The Morgan fingerprint density at radius 3 is 2.51 bits per heavy atom. The molecule has 1 fully saturated rings. The Morgan fingerprint density at radius 2 is 1.79 bits per heavy atom. The van der Waals surface area contributed by atoms with Crippen molar-refractivity contribution >= 4 is 28.5 Å². The number of carbonyl (C=O) groups is 2. The molecular weight excluding hydrogens is 614 g/mol. The van der Waals surface area contributed by atoms with Crippen LogP contribution in [-0.2, 0) is 4.79 Å². The largest absolute Gasteiger partial charge is 0.473 e. The van der Waals surface area contributed by atoms with Crippen LogP contribution in [-0.4, -0.2) is 74.0 Å². The molecule has 47 heavy (non-hydrogen) atoms. The van der Waals surface area contributed by atoms with Gasteiger partial charge in [-0.05, 0) is 56.4 Å². The Hall–Kier alpha value is -5.70. The van der Waals surface area contributed by atoms with Crippen LogP contribution in [0.3, 0.4) is 0 Å². The molecule has 2 amide bonds. The molecule has 1 unspecified atom stereocenters. The Kier molecular flexibility index (Phi) is 8.88. The fourth-order valence-corrected chi connectivity index (χ4v) is 5.14. The molecule has 5 aromatic rings. The number of anilines is 1. The van der Waals surface area contributed by atoms with E-state index in [2.05, 4.69) is 30.9 Å². The number of nitrogens with one attached hydrogen (secondary N) is 3. The Balaban J connectivity index is 1.15. The molecule has 3 N–H and O–H groups in total. The number of likely N-dealkylation sites (N-methyl/N-ethyl adjacent to an activating group) is 1. The fraction of sp³-hybridized carbons (Fsp3) is 0.250. The van der Waals surface area contributed by atoms with E-state index in [1.54, 1.807) is 18.0 Å². The monoisotopic (exact) mass is 644 g/mol. The van der Waals surface area contributed by atoms with Crippen LogP contribution in [0.1, 0.15) is 30.1 Å². The summed E-state index contributed by atoms with van der Waals surface area (Å²) in [5.74, 6) is -1.69. The van der Waals surface area contributed by atoms with Crippen LogP contribution < -0.4 is 25.7 Å². The number of halogens is 2. The standard InChI is InChI=1S/C32H30F2N8O5/c1-18(35-2)31(44)41-15-11-22(12-16-41)46-30-27-26(10-13-36-28(27)39-40-30)47-25-8-5-20(17-24(25)34)38-29(43)23-9-14-37-42(32(23)45)21-6-3-19(33)4-7-21/h3-10,13-14,17-18,22,35H,11-12,15-16H2,1-2H3,(H,38,43)(H,36,39,40). The zero-order valence-corrected chi connectivity index (χ0v) is 25.4. The lowest BCUT2D eigenvalue weighted by Crippen LogP contribution is -2.48. The van der Waals surface area contributed by atoms with E-state index in [0.717, 1.165) is 10.7 Å². The molecule has 0 bridgehead atoms. The van der Waals surface area contributed by atoms with Crippen molar-refractivity contribution in [2.45, 2.75) is 31.9 Å². The molecule has 13 nitrogen and oxygen atoms in total. The van der Waals surface area contributed by atoms with E-state index in [-0.39, 0.29) is 52.4 Å². The summed E-state index contributed by atoms with van der Waals surface area (Å²) in [7, 11) is 1.74. The van der Waals surface area contributed by atoms with Crippen LogP contribution in [0, 0.1) is 11.6 Å². The van der Waals surface area contributed by atoms with E-state index in [4.69, 9.17) is 9.47 Å². The van der Waals surface area contributed by atoms with Crippen LogP contribution in [0.4, 0.5) is 14.5 Å². The highest BCUT2D eigenvalue weighted by molar-refractivity contribution is 6.04. The van der Waals surface area contributed by atoms with E-state index in [0.29, 0.717) is 37.0 Å². The van der Waals surface area contributed by atoms with Gasteiger partial charge in [0.1, 0.15) is 28.6 Å². The van der Waals surface area contributed by atoms with Gasteiger partial charge in [-0.2, -0.15) is 9.78 Å². The first-order chi connectivity index (χ1) is 22.7. The lowest BCUT2D eigenvalue weighted by molar-refractivity contribution is -0.134. The third-order valence-corrected chi connectivity index (χ3v) is 7.80. The molecule has 15 heteroatoms. The highest BCUT2D eigenvalue weighted by Crippen LogP contribution is 2.36. The molecule has 0 saturated carbocycles. The minimum absolute atomic E-state index is 0.0335. The number of ether oxygens (including phenoxy) is 2. The molecule has 1 aliphatic rings. The van der Waals surface area contributed by atoms with Crippen LogP contribution in [0.25, 0.3) is 16.7 Å². The second-order valence-corrected chi connectivity index (χ2v) is 10.9. The molecule has 2 aromatic carbocycles. The van der Waals surface area contributed by atoms with Crippen molar-refractivity contribution in [3.8, 4) is 23.1 Å². The summed E-state index contributed by atoms with van der Waals surface area (Å²) < 4.78 is 41.7. The van der Waals surface area contributed by atoms with Crippen molar-refractivity contribution in [3.63, 3.8) is 0 Å². The molecule has 1 saturated heterocycles. The highest BCUT2D eigenvalue weighted by atomic mass is 19.1. The smallest absolute Gasteiger partial charge is 0.284 e. The topological polar surface area (TPSA) is 156 Å². The van der Waals surface area contributed by atoms with E-state index in [1.165, 1.54) is 54.9 Å². The van der Waals surface area contributed by atoms with E-state index in [9.17, 15) is 18.8 Å². The molecule has 0 aliphatic carbocycles. The van der Waals surface area contributed by atoms with Gasteiger partial charge in [0.05, 0.1) is 11.7 Å². The van der Waals surface area contributed by atoms with Crippen LogP contribution >= 0.6 is 0 Å². The molecule has 242 valence electrons. The van der Waals surface area contributed by atoms with Crippen molar-refractivity contribution < 1.29 is 27.8 Å². The van der Waals surface area contributed by atoms with E-state index in [1.807, 2.05) is 6.92 Å². The predicted octanol–water partition coefficient (Wildman–Crippen LogP) is 3.80. The maximum Gasteiger partial charge on any atom is 0.284 e. The fourth-order valence-electron chi connectivity index (χ4n) is 5.14. The third kappa shape index (κ3) is 6.65. The van der Waals surface area contributed by atoms with Gasteiger partial charge in [-0.1, -0.05) is 0 Å². The van der Waals surface area contributed by atoms with Crippen molar-refractivity contribution in [1.29, 1.82) is 0 Å². The molecule has 4 heterocycles. The van der Waals surface area contributed by atoms with Gasteiger partial charge in [-0.25, -0.2) is 13.8 Å². The maximum atomic E-state index is 15.3. The summed E-state index contributed by atoms with van der Waals surface area (Å²) in [6.45, 7) is 2.90. The number of aromatic amines is 1. The predicted molar refractivity (Wildman–Crippen MR) is 167 cm³/mol. The van der Waals surface area contributed by atoms with Gasteiger partial charge >= 0.3 is 0 Å². The van der Waals surface area contributed by atoms with Crippen molar-refractivity contribution in [2.75, 3.05) is 25.5 Å². The summed E-state index contributed by atoms with van der Waals surface area (Å²) in [5.41, 5.74) is -0.265. The number of piperidine rings is 1. The molecule has 0 spiro atoms. The van der Waals surface area contributed by atoms with Crippen molar-refractivity contribution in [3.05, 3.63) is 94.5 Å². The molecule has 1 aliphatic heterocycles. The minimum Gasteiger partial charge on any atom is -0.473 e. The second-order valence-electron chi connectivity index (χ2n) is 10.9. The number of aromatic nitrogens is 5. The lowest BCUT2D eigenvalue weighted by Gasteiger charge is -2.33. The normalized spacial score (nSPS) is 14.2. The summed E-state index contributed by atoms with van der Waals surface area (Å²) in [6.07, 6.45) is 3.74. The Labute approximate surface area is 266 Å². The number of amides is 2. The number of H-pyrrole nitrogens is 1. The van der Waals surface area contributed by atoms with Gasteiger partial charge in [0, 0.05) is 56.1 Å². The van der Waals surface area contributed by atoms with Crippen molar-refractivity contribution in [1.82, 2.24) is 35.2 Å². The van der Waals surface area contributed by atoms with Gasteiger partial charge in [-0.3, -0.25) is 19.5 Å². The lowest BCUT2D eigenvalue weighted by atomic mass is 10.1. The quantitative estimate of drug-likeness (QED) is 0.217. The number of rotatable bonds is 9. The average molecular weight is 645 g/mol. The zero-order valence-electron chi connectivity index (χ0n) is 25.4. The third-order valence-electron chi connectivity index (χ3n) is 7.80. The zero-order chi connectivity index (χ0) is 33.1. The van der Waals surface area contributed by atoms with Gasteiger partial charge in [0.15, 0.2) is 17.2 Å². The second kappa shape index (κ2) is 13.3. The van der Waals surface area contributed by atoms with Crippen LogP contribution in [0.15, 0.2) is 71.8 Å². The molecule has 1 atom stereocenters. The molecule has 3 aromatic heterocycles. The first-order valence-electron chi connectivity index (χ1n) is 14.8. The van der Waals surface area contributed by atoms with Crippen LogP contribution in [0.2, 0.25) is 0 Å². The number of hydrogen-bond donors (Lipinski definition) is 3. The average Bonchev–Trinajstić information content (AvgIpc) is 3.49. The SMILES string of the molecule is CNC(C)C(=O)N1CCC(Oc2n[nH]c3nccc(Oc4ccc(NC(=O)c5ccnn(-c6ccc(F)cc6)c5=O)cc4F)c23)CC1. The van der Waals surface area contributed by atoms with Crippen LogP contribution in [0.5, 0.6) is 17.4 Å². The molecular formula is C32H30F2N8O5. The van der Waals surface area contributed by atoms with Crippen molar-refractivity contribution in [2.24, 2.45) is 0 Å². The number of pyridine rings is 1. The first kappa shape index (κ1) is 31.3. The van der Waals surface area contributed by atoms with Gasteiger partial charge in [0.25, 0.3) is 11.5 Å². The number of hydrogen-bond acceptors (Lipinski definition) is 9. The molecule has 6 rings (SSSR count). The Bertz CT molecular complexity index is 1990. The number of benzene rings is 2. The maximum absolute atomic E-state index is 15.3. The summed E-state index contributed by atoms with van der Waals surface area (Å²) in [5, 5.41) is 16.9. The summed E-state index contributed by atoms with van der Waals surface area (Å²) in [6, 6.07) is 11.4. The summed E-state index contributed by atoms with van der Waals surface area (Å²) >= 11 is 0. The Morgan fingerprint density at radius 1 is 1.02 bits per heavy atom. The van der Waals surface area contributed by atoms with Gasteiger partial charge in [0.2, 0.25) is 11.8 Å². The minimum atomic E-state index is -0.788. The number of fused-ring (bicyclic) bond motifs is 1. The van der Waals surface area contributed by atoms with E-state index >= 15 is 4.39 Å². The first-order valence-corrected chi connectivity index (χ1v) is 14.8. The molecule has 0 radical (unpaired) electrons. The van der Waals surface area contributed by atoms with E-state index < -0.39 is 23.1 Å². The highest BCUT2D eigenvalue weighted by Gasteiger charge is 2.28. The number of likely N-dealkylation sites (tertiary alicyclic amines) is 1. The number of carbonyl (C=O) groups excluding carboxylic acids is 2. The van der Waals surface area contributed by atoms with Gasteiger partial charge in [-0.15, -0.1) is 5.10 Å².